The summed E-state index contributed by atoms with van der Waals surface area (Å²) in [6.07, 6.45) is 1.08. The Hall–Kier alpha value is -4.87. The minimum absolute atomic E-state index is 0.0415. The van der Waals surface area contributed by atoms with Crippen molar-refractivity contribution >= 4 is 56.2 Å². The summed E-state index contributed by atoms with van der Waals surface area (Å²) in [5, 5.41) is 13.2. The van der Waals surface area contributed by atoms with Gasteiger partial charge in [-0.3, -0.25) is 19.1 Å². The Morgan fingerprint density at radius 1 is 1.04 bits per heavy atom. The highest BCUT2D eigenvalue weighted by Crippen LogP contribution is 2.38. The van der Waals surface area contributed by atoms with Gasteiger partial charge in [-0.1, -0.05) is 65.8 Å². The van der Waals surface area contributed by atoms with E-state index in [0.717, 1.165) is 28.7 Å². The first-order chi connectivity index (χ1) is 24.1. The van der Waals surface area contributed by atoms with Crippen LogP contribution in [0.5, 0.6) is 0 Å². The van der Waals surface area contributed by atoms with Gasteiger partial charge < -0.3 is 24.9 Å². The molecular weight excluding hydrogens is 703 g/mol. The molecular formula is C34H39N5O10S2. The van der Waals surface area contributed by atoms with E-state index in [9.17, 15) is 27.6 Å². The van der Waals surface area contributed by atoms with Crippen molar-refractivity contribution in [3.63, 3.8) is 0 Å². The molecule has 1 aliphatic carbocycles. The van der Waals surface area contributed by atoms with E-state index in [1.165, 1.54) is 5.38 Å². The van der Waals surface area contributed by atoms with Gasteiger partial charge in [0.25, 0.3) is 16.0 Å². The predicted octanol–water partition coefficient (Wildman–Crippen LogP) is 3.82. The van der Waals surface area contributed by atoms with Gasteiger partial charge in [-0.2, -0.15) is 8.42 Å². The van der Waals surface area contributed by atoms with Gasteiger partial charge in [-0.15, -0.1) is 11.3 Å². The molecule has 15 nitrogen and oxygen atoms in total. The monoisotopic (exact) mass is 741 g/mol. The molecule has 2 aromatic carbocycles. The fraction of sp³-hybridized carbons (Fsp3) is 0.412. The maximum absolute atomic E-state index is 14.0. The van der Waals surface area contributed by atoms with Crippen LogP contribution in [0.25, 0.3) is 0 Å². The Morgan fingerprint density at radius 2 is 1.65 bits per heavy atom. The van der Waals surface area contributed by atoms with Crippen molar-refractivity contribution in [1.82, 2.24) is 15.6 Å². The smallest absolute Gasteiger partial charge is 0.413 e. The Balaban J connectivity index is 1.42. The number of esters is 1. The van der Waals surface area contributed by atoms with Gasteiger partial charge >= 0.3 is 12.1 Å². The van der Waals surface area contributed by atoms with Crippen molar-refractivity contribution in [2.24, 2.45) is 5.16 Å². The lowest BCUT2D eigenvalue weighted by Gasteiger charge is -2.36. The molecule has 3 aromatic rings. The lowest BCUT2D eigenvalue weighted by molar-refractivity contribution is -0.176. The lowest BCUT2D eigenvalue weighted by Crippen LogP contribution is -2.71. The molecule has 2 heterocycles. The molecule has 2 fully saturated rings. The Labute approximate surface area is 299 Å². The number of aromatic nitrogens is 1. The van der Waals surface area contributed by atoms with E-state index >= 15 is 0 Å². The average molecular weight is 742 g/mol. The third-order valence-electron chi connectivity index (χ3n) is 7.85. The van der Waals surface area contributed by atoms with E-state index < -0.39 is 75.7 Å². The number of amides is 3. The van der Waals surface area contributed by atoms with Crippen molar-refractivity contribution in [3.05, 3.63) is 82.9 Å². The summed E-state index contributed by atoms with van der Waals surface area (Å²) in [6, 6.07) is 16.5. The second kappa shape index (κ2) is 15.6. The summed E-state index contributed by atoms with van der Waals surface area (Å²) >= 11 is 0.970. The lowest BCUT2D eigenvalue weighted by atomic mass is 9.99. The highest BCUT2D eigenvalue weighted by atomic mass is 32.2. The zero-order valence-electron chi connectivity index (χ0n) is 28.4. The van der Waals surface area contributed by atoms with E-state index in [-0.39, 0.29) is 23.7 Å². The van der Waals surface area contributed by atoms with E-state index in [1.54, 1.807) is 20.8 Å². The average Bonchev–Trinajstić information content (AvgIpc) is 3.74. The number of oxime groups is 1. The number of anilines is 1. The summed E-state index contributed by atoms with van der Waals surface area (Å²) in [6.45, 7) is 4.67. The van der Waals surface area contributed by atoms with Crippen molar-refractivity contribution in [2.45, 2.75) is 75.8 Å². The molecule has 1 aromatic heterocycles. The van der Waals surface area contributed by atoms with Gasteiger partial charge in [-0.05, 0) is 44.7 Å². The molecule has 51 heavy (non-hydrogen) atoms. The zero-order valence-corrected chi connectivity index (χ0v) is 30.0. The Bertz CT molecular complexity index is 1830. The number of carbonyl (C=O) groups excluding carboxylic acids is 4. The van der Waals surface area contributed by atoms with Crippen molar-refractivity contribution < 1.29 is 46.1 Å². The van der Waals surface area contributed by atoms with Crippen LogP contribution in [0, 0.1) is 0 Å². The molecule has 3 amide bonds. The molecule has 2 aliphatic rings. The van der Waals surface area contributed by atoms with Crippen LogP contribution in [0.3, 0.4) is 0 Å². The second-order valence-electron chi connectivity index (χ2n) is 13.1. The first-order valence-corrected chi connectivity index (χ1v) is 18.8. The molecule has 272 valence electrons. The highest BCUT2D eigenvalue weighted by molar-refractivity contribution is 7.86. The maximum Gasteiger partial charge on any atom is 0.413 e. The molecule has 0 bridgehead atoms. The van der Waals surface area contributed by atoms with Gasteiger partial charge in [0, 0.05) is 18.2 Å². The minimum Gasteiger partial charge on any atom is -0.450 e. The van der Waals surface area contributed by atoms with E-state index in [4.69, 9.17) is 18.5 Å². The molecule has 0 spiro atoms. The molecule has 17 heteroatoms. The topological polar surface area (TPSA) is 201 Å². The normalized spacial score (nSPS) is 18.7. The zero-order chi connectivity index (χ0) is 36.8. The van der Waals surface area contributed by atoms with E-state index in [2.05, 4.69) is 26.1 Å². The van der Waals surface area contributed by atoms with Crippen molar-refractivity contribution in [1.29, 1.82) is 0 Å². The summed E-state index contributed by atoms with van der Waals surface area (Å²) < 4.78 is 39.3. The highest BCUT2D eigenvalue weighted by Gasteiger charge is 2.48. The number of nitrogens with zero attached hydrogens (tertiary/aromatic N) is 2. The number of ether oxygens (including phenoxy) is 2. The molecule has 3 N–H and O–H groups in total. The van der Waals surface area contributed by atoms with Crippen molar-refractivity contribution in [2.75, 3.05) is 18.2 Å². The fourth-order valence-electron chi connectivity index (χ4n) is 5.40. The SMILES string of the molecule is CC(C)(C)OC(=O)Nc1nc(/C(=N/OC2(C(=O)OC(c3ccccc3)c3ccccc3)CCCC2)C(=O)N[C@@H]2C(=O)N[C@@H]2COS(C)(=O)=O)cs1. The Kier molecular flexibility index (Phi) is 11.4. The van der Waals surface area contributed by atoms with Crippen LogP contribution in [-0.2, 0) is 43.0 Å². The number of hydrogen-bond donors (Lipinski definition) is 3. The summed E-state index contributed by atoms with van der Waals surface area (Å²) in [4.78, 5) is 62.9. The quantitative estimate of drug-likeness (QED) is 0.0756. The van der Waals surface area contributed by atoms with Crippen LogP contribution < -0.4 is 16.0 Å². The van der Waals surface area contributed by atoms with Gasteiger partial charge in [0.15, 0.2) is 16.9 Å². The third kappa shape index (κ3) is 9.89. The summed E-state index contributed by atoms with van der Waals surface area (Å²) in [5.41, 5.74) is -1.30. The van der Waals surface area contributed by atoms with Crippen molar-refractivity contribution in [3.8, 4) is 0 Å². The largest absolute Gasteiger partial charge is 0.450 e. The van der Waals surface area contributed by atoms with Gasteiger partial charge in [0.05, 0.1) is 18.9 Å². The second-order valence-corrected chi connectivity index (χ2v) is 15.6. The Morgan fingerprint density at radius 3 is 2.20 bits per heavy atom. The minimum atomic E-state index is -3.83. The van der Waals surface area contributed by atoms with Crippen LogP contribution in [0.2, 0.25) is 0 Å². The molecule has 2 atom stereocenters. The predicted molar refractivity (Wildman–Crippen MR) is 186 cm³/mol. The first kappa shape index (κ1) is 37.4. The number of β-lactam (4-membered cyclic amide) rings is 1. The fourth-order valence-corrected chi connectivity index (χ4v) is 6.47. The number of carbonyl (C=O) groups is 4. The third-order valence-corrected chi connectivity index (χ3v) is 9.18. The number of benzene rings is 2. The molecule has 1 aliphatic heterocycles. The molecule has 1 saturated heterocycles. The number of hydrogen-bond acceptors (Lipinski definition) is 13. The molecule has 1 saturated carbocycles. The van der Waals surface area contributed by atoms with Gasteiger partial charge in [0.2, 0.25) is 11.5 Å². The van der Waals surface area contributed by atoms with E-state index in [1.807, 2.05) is 60.7 Å². The first-order valence-electron chi connectivity index (χ1n) is 16.1. The molecule has 5 rings (SSSR count). The number of nitrogens with one attached hydrogen (secondary N) is 3. The number of thiazole rings is 1. The van der Waals surface area contributed by atoms with Crippen LogP contribution >= 0.6 is 11.3 Å². The summed E-state index contributed by atoms with van der Waals surface area (Å²) in [7, 11) is -3.83. The summed E-state index contributed by atoms with van der Waals surface area (Å²) in [5.74, 6) is -2.18. The molecule has 0 unspecified atom stereocenters. The van der Waals surface area contributed by atoms with Crippen LogP contribution in [0.15, 0.2) is 71.2 Å². The number of rotatable bonds is 13. The molecule has 0 radical (unpaired) electrons. The van der Waals surface area contributed by atoms with Crippen LogP contribution in [0.1, 0.15) is 69.4 Å². The van der Waals surface area contributed by atoms with E-state index in [0.29, 0.717) is 12.8 Å². The standard InChI is InChI=1S/C34H39N5O10S2/c1-33(2,3)48-32(43)38-31-36-24(20-50-31)26(29(41)37-25-23(35-28(25)40)19-46-51(4,44)45)39-49-34(17-11-12-18-34)30(42)47-27(21-13-7-5-8-14-21)22-15-9-6-10-16-22/h5-10,13-16,20,23,25,27H,11-12,17-19H2,1-4H3,(H,35,40)(H,37,41)(H,36,38,43)/b39-26-/t23-,25+/m1/s1. The van der Waals surface area contributed by atoms with Gasteiger partial charge in [0.1, 0.15) is 17.3 Å². The maximum atomic E-state index is 14.0. The van der Waals surface area contributed by atoms with Crippen LogP contribution in [0.4, 0.5) is 9.93 Å². The van der Waals surface area contributed by atoms with Crippen LogP contribution in [-0.4, -0.2) is 79.1 Å². The van der Waals surface area contributed by atoms with Gasteiger partial charge in [-0.25, -0.2) is 14.6 Å².